The quantitative estimate of drug-likeness (QED) is 0.162. The molecular weight excluding hydrogens is 218 g/mol. The first-order valence-electron chi connectivity index (χ1n) is 6.26. The summed E-state index contributed by atoms with van der Waals surface area (Å²) in [6, 6.07) is 0.425. The molecule has 5 N–H and O–H groups in total. The SMILES string of the molecule is CC(CCCO)NCCCC(C)(C)C(N)=NO. The van der Waals surface area contributed by atoms with Crippen molar-refractivity contribution in [2.75, 3.05) is 13.2 Å². The van der Waals surface area contributed by atoms with Gasteiger partial charge in [0.1, 0.15) is 5.84 Å². The molecule has 0 aliphatic carbocycles. The zero-order chi connectivity index (χ0) is 13.3. The maximum absolute atomic E-state index is 8.70. The monoisotopic (exact) mass is 245 g/mol. The third kappa shape index (κ3) is 7.18. The van der Waals surface area contributed by atoms with Crippen molar-refractivity contribution in [1.82, 2.24) is 5.32 Å². The Bertz CT molecular complexity index is 230. The minimum absolute atomic E-state index is 0.253. The van der Waals surface area contributed by atoms with E-state index in [9.17, 15) is 0 Å². The van der Waals surface area contributed by atoms with Gasteiger partial charge >= 0.3 is 0 Å². The molecule has 0 saturated carbocycles. The molecule has 102 valence electrons. The highest BCUT2D eigenvalue weighted by molar-refractivity contribution is 5.85. The van der Waals surface area contributed by atoms with Crippen LogP contribution >= 0.6 is 0 Å². The zero-order valence-corrected chi connectivity index (χ0v) is 11.2. The molecule has 0 rings (SSSR count). The lowest BCUT2D eigenvalue weighted by Gasteiger charge is -2.23. The Hall–Kier alpha value is -0.810. The molecule has 1 unspecified atom stereocenters. The summed E-state index contributed by atoms with van der Waals surface area (Å²) in [5.41, 5.74) is 5.35. The average Bonchev–Trinajstić information content (AvgIpc) is 2.30. The molecule has 0 heterocycles. The molecule has 5 nitrogen and oxygen atoms in total. The van der Waals surface area contributed by atoms with Gasteiger partial charge in [-0.1, -0.05) is 19.0 Å². The predicted octanol–water partition coefficient (Wildman–Crippen LogP) is 1.29. The molecule has 0 bridgehead atoms. The number of hydrogen-bond donors (Lipinski definition) is 4. The fourth-order valence-corrected chi connectivity index (χ4v) is 1.64. The van der Waals surface area contributed by atoms with Crippen molar-refractivity contribution >= 4 is 5.84 Å². The van der Waals surface area contributed by atoms with E-state index in [4.69, 9.17) is 16.0 Å². The maximum atomic E-state index is 8.70. The summed E-state index contributed by atoms with van der Waals surface area (Å²) in [7, 11) is 0. The number of amidine groups is 1. The van der Waals surface area contributed by atoms with E-state index >= 15 is 0 Å². The summed E-state index contributed by atoms with van der Waals surface area (Å²) >= 11 is 0. The number of rotatable bonds is 9. The van der Waals surface area contributed by atoms with E-state index in [1.54, 1.807) is 0 Å². The molecule has 0 aromatic rings. The Morgan fingerprint density at radius 3 is 2.59 bits per heavy atom. The van der Waals surface area contributed by atoms with E-state index in [2.05, 4.69) is 17.4 Å². The van der Waals surface area contributed by atoms with Crippen molar-refractivity contribution in [2.24, 2.45) is 16.3 Å². The fraction of sp³-hybridized carbons (Fsp3) is 0.917. The molecule has 0 amide bonds. The summed E-state index contributed by atoms with van der Waals surface area (Å²) in [6.45, 7) is 7.22. The summed E-state index contributed by atoms with van der Waals surface area (Å²) in [4.78, 5) is 0. The van der Waals surface area contributed by atoms with E-state index in [1.807, 2.05) is 13.8 Å². The van der Waals surface area contributed by atoms with Gasteiger partial charge in [0.15, 0.2) is 0 Å². The van der Waals surface area contributed by atoms with Crippen molar-refractivity contribution in [3.05, 3.63) is 0 Å². The highest BCUT2D eigenvalue weighted by Gasteiger charge is 2.22. The zero-order valence-electron chi connectivity index (χ0n) is 11.2. The number of oxime groups is 1. The number of aliphatic hydroxyl groups excluding tert-OH is 1. The Balaban J connectivity index is 3.70. The Labute approximate surface area is 104 Å². The molecule has 1 atom stereocenters. The van der Waals surface area contributed by atoms with Crippen molar-refractivity contribution < 1.29 is 10.3 Å². The number of aliphatic hydroxyl groups is 1. The highest BCUT2D eigenvalue weighted by Crippen LogP contribution is 2.21. The second-order valence-electron chi connectivity index (χ2n) is 5.19. The standard InChI is InChI=1S/C12H27N3O2/c1-10(6-4-9-16)14-8-5-7-12(2,3)11(13)15-17/h10,14,16-17H,4-9H2,1-3H3,(H2,13,15). The second kappa shape index (κ2) is 8.31. The molecule has 0 aromatic heterocycles. The van der Waals surface area contributed by atoms with E-state index in [1.165, 1.54) is 0 Å². The smallest absolute Gasteiger partial charge is 0.144 e. The van der Waals surface area contributed by atoms with Gasteiger partial charge in [0.25, 0.3) is 0 Å². The fourth-order valence-electron chi connectivity index (χ4n) is 1.64. The van der Waals surface area contributed by atoms with Crippen LogP contribution in [0.25, 0.3) is 0 Å². The summed E-state index contributed by atoms with van der Waals surface area (Å²) in [6.07, 6.45) is 3.68. The first-order valence-corrected chi connectivity index (χ1v) is 6.26. The Kier molecular flexibility index (Phi) is 7.91. The normalized spacial score (nSPS) is 14.9. The van der Waals surface area contributed by atoms with E-state index in [0.717, 1.165) is 32.2 Å². The largest absolute Gasteiger partial charge is 0.409 e. The van der Waals surface area contributed by atoms with Gasteiger partial charge in [-0.25, -0.2) is 0 Å². The minimum atomic E-state index is -0.259. The summed E-state index contributed by atoms with van der Waals surface area (Å²) in [5, 5.41) is 23.8. The van der Waals surface area contributed by atoms with Crippen LogP contribution in [0.1, 0.15) is 46.5 Å². The summed E-state index contributed by atoms with van der Waals surface area (Å²) < 4.78 is 0. The van der Waals surface area contributed by atoms with Gasteiger partial charge in [-0.3, -0.25) is 0 Å². The molecule has 0 aromatic carbocycles. The third-order valence-electron chi connectivity index (χ3n) is 3.07. The van der Waals surface area contributed by atoms with Crippen LogP contribution in [0.15, 0.2) is 5.16 Å². The molecule has 0 radical (unpaired) electrons. The molecule has 0 aliphatic rings. The van der Waals surface area contributed by atoms with E-state index in [-0.39, 0.29) is 17.9 Å². The average molecular weight is 245 g/mol. The van der Waals surface area contributed by atoms with Crippen LogP contribution in [0.2, 0.25) is 0 Å². The van der Waals surface area contributed by atoms with E-state index in [0.29, 0.717) is 6.04 Å². The van der Waals surface area contributed by atoms with E-state index < -0.39 is 0 Å². The van der Waals surface area contributed by atoms with Gasteiger partial charge in [0.2, 0.25) is 0 Å². The highest BCUT2D eigenvalue weighted by atomic mass is 16.4. The van der Waals surface area contributed by atoms with Crippen molar-refractivity contribution in [1.29, 1.82) is 0 Å². The third-order valence-corrected chi connectivity index (χ3v) is 3.07. The number of hydrogen-bond acceptors (Lipinski definition) is 4. The number of nitrogens with two attached hydrogens (primary N) is 1. The van der Waals surface area contributed by atoms with Gasteiger partial charge in [-0.05, 0) is 39.2 Å². The molecule has 5 heteroatoms. The van der Waals surface area contributed by atoms with Gasteiger partial charge in [-0.15, -0.1) is 0 Å². The Morgan fingerprint density at radius 2 is 2.06 bits per heavy atom. The van der Waals surface area contributed by atoms with Crippen molar-refractivity contribution in [3.63, 3.8) is 0 Å². The lowest BCUT2D eigenvalue weighted by molar-refractivity contribution is 0.276. The summed E-state index contributed by atoms with van der Waals surface area (Å²) in [5.74, 6) is 0.283. The topological polar surface area (TPSA) is 90.9 Å². The first-order chi connectivity index (χ1) is 7.94. The van der Waals surface area contributed by atoms with Crippen molar-refractivity contribution in [2.45, 2.75) is 52.5 Å². The number of nitrogens with one attached hydrogen (secondary N) is 1. The molecule has 17 heavy (non-hydrogen) atoms. The van der Waals surface area contributed by atoms with Crippen LogP contribution in [0.4, 0.5) is 0 Å². The number of nitrogens with zero attached hydrogens (tertiary/aromatic N) is 1. The molecule has 0 aliphatic heterocycles. The predicted molar refractivity (Wildman–Crippen MR) is 70.2 cm³/mol. The van der Waals surface area contributed by atoms with Gasteiger partial charge < -0.3 is 21.4 Å². The van der Waals surface area contributed by atoms with Crippen LogP contribution in [0, 0.1) is 5.41 Å². The van der Waals surface area contributed by atoms with Crippen molar-refractivity contribution in [3.8, 4) is 0 Å². The second-order valence-corrected chi connectivity index (χ2v) is 5.19. The lowest BCUT2D eigenvalue weighted by Crippen LogP contribution is -2.33. The van der Waals surface area contributed by atoms with Crippen LogP contribution in [0.5, 0.6) is 0 Å². The molecular formula is C12H27N3O2. The van der Waals surface area contributed by atoms with Crippen LogP contribution in [-0.4, -0.2) is 35.3 Å². The Morgan fingerprint density at radius 1 is 1.41 bits per heavy atom. The molecule has 0 saturated heterocycles. The van der Waals surface area contributed by atoms with Gasteiger partial charge in [-0.2, -0.15) is 0 Å². The maximum Gasteiger partial charge on any atom is 0.144 e. The van der Waals surface area contributed by atoms with Gasteiger partial charge in [0, 0.05) is 18.1 Å². The van der Waals surface area contributed by atoms with Gasteiger partial charge in [0.05, 0.1) is 0 Å². The molecule has 0 spiro atoms. The van der Waals surface area contributed by atoms with Crippen LogP contribution in [0.3, 0.4) is 0 Å². The lowest BCUT2D eigenvalue weighted by atomic mass is 9.86. The molecule has 0 fully saturated rings. The van der Waals surface area contributed by atoms with Crippen LogP contribution in [-0.2, 0) is 0 Å². The minimum Gasteiger partial charge on any atom is -0.409 e. The van der Waals surface area contributed by atoms with Crippen LogP contribution < -0.4 is 11.1 Å². The first kappa shape index (κ1) is 16.2.